The van der Waals surface area contributed by atoms with Crippen molar-refractivity contribution in [2.75, 3.05) is 44.8 Å². The van der Waals surface area contributed by atoms with E-state index in [-0.39, 0.29) is 6.03 Å². The Morgan fingerprint density at radius 3 is 2.70 bits per heavy atom. The van der Waals surface area contributed by atoms with Crippen LogP contribution in [0.15, 0.2) is 54.6 Å². The molecule has 4 rings (SSSR count). The number of ether oxygens (including phenoxy) is 2. The van der Waals surface area contributed by atoms with Crippen molar-refractivity contribution < 1.29 is 14.3 Å². The van der Waals surface area contributed by atoms with Crippen molar-refractivity contribution in [2.45, 2.75) is 20.4 Å². The number of carbonyl (C=O) groups is 1. The molecule has 8 heteroatoms. The number of nitrogens with zero attached hydrogens (tertiary/aromatic N) is 3. The first kappa shape index (κ1) is 22.8. The standard InChI is InChI=1S/C25H31N5O3/c1-19-15-20(2)30(28-19)23-7-4-6-22(17-23)27-25(31)26-18-21-5-3-8-24(16-21)33-14-11-29-9-12-32-13-10-29/h3-8,15-17H,9-14,18H2,1-2H3,(H2,26,27,31). The van der Waals surface area contributed by atoms with Gasteiger partial charge in [-0.3, -0.25) is 4.90 Å². The third-order valence-corrected chi connectivity index (χ3v) is 5.49. The minimum Gasteiger partial charge on any atom is -0.492 e. The van der Waals surface area contributed by atoms with Crippen molar-refractivity contribution in [1.82, 2.24) is 20.0 Å². The summed E-state index contributed by atoms with van der Waals surface area (Å²) in [6.07, 6.45) is 0. The number of urea groups is 1. The smallest absolute Gasteiger partial charge is 0.319 e. The molecule has 0 radical (unpaired) electrons. The minimum absolute atomic E-state index is 0.265. The van der Waals surface area contributed by atoms with Crippen LogP contribution < -0.4 is 15.4 Å². The molecule has 1 aromatic heterocycles. The number of aryl methyl sites for hydroxylation is 2. The lowest BCUT2D eigenvalue weighted by Crippen LogP contribution is -2.38. The second-order valence-corrected chi connectivity index (χ2v) is 8.15. The van der Waals surface area contributed by atoms with Gasteiger partial charge in [0.25, 0.3) is 0 Å². The maximum absolute atomic E-state index is 12.4. The molecule has 2 aromatic carbocycles. The van der Waals surface area contributed by atoms with E-state index in [0.29, 0.717) is 18.8 Å². The average Bonchev–Trinajstić information content (AvgIpc) is 3.17. The number of morpholine rings is 1. The summed E-state index contributed by atoms with van der Waals surface area (Å²) in [5.74, 6) is 0.806. The lowest BCUT2D eigenvalue weighted by molar-refractivity contribution is 0.0322. The highest BCUT2D eigenvalue weighted by Gasteiger charge is 2.10. The van der Waals surface area contributed by atoms with Gasteiger partial charge in [0, 0.05) is 37.6 Å². The Kier molecular flexibility index (Phi) is 7.59. The van der Waals surface area contributed by atoms with Gasteiger partial charge in [0.1, 0.15) is 12.4 Å². The maximum Gasteiger partial charge on any atom is 0.319 e. The molecule has 0 spiro atoms. The summed E-state index contributed by atoms with van der Waals surface area (Å²) >= 11 is 0. The Bertz CT molecular complexity index is 1080. The molecule has 0 unspecified atom stereocenters. The summed E-state index contributed by atoms with van der Waals surface area (Å²) in [5.41, 5.74) is 4.58. The van der Waals surface area contributed by atoms with E-state index >= 15 is 0 Å². The molecule has 0 saturated carbocycles. The molecule has 174 valence electrons. The van der Waals surface area contributed by atoms with Crippen molar-refractivity contribution >= 4 is 11.7 Å². The van der Waals surface area contributed by atoms with Crippen LogP contribution in [0, 0.1) is 13.8 Å². The van der Waals surface area contributed by atoms with Crippen LogP contribution in [0.5, 0.6) is 5.75 Å². The third-order valence-electron chi connectivity index (χ3n) is 5.49. The van der Waals surface area contributed by atoms with Crippen molar-refractivity contribution in [3.8, 4) is 11.4 Å². The van der Waals surface area contributed by atoms with Crippen LogP contribution in [0.4, 0.5) is 10.5 Å². The van der Waals surface area contributed by atoms with E-state index in [1.165, 1.54) is 0 Å². The molecule has 1 saturated heterocycles. The predicted octanol–water partition coefficient (Wildman–Crippen LogP) is 3.52. The first-order chi connectivity index (χ1) is 16.1. The highest BCUT2D eigenvalue weighted by molar-refractivity contribution is 5.89. The Balaban J connectivity index is 1.26. The quantitative estimate of drug-likeness (QED) is 0.550. The molecule has 2 N–H and O–H groups in total. The zero-order valence-corrected chi connectivity index (χ0v) is 19.2. The normalized spacial score (nSPS) is 14.1. The number of rotatable bonds is 8. The largest absolute Gasteiger partial charge is 0.492 e. The molecule has 8 nitrogen and oxygen atoms in total. The fourth-order valence-electron chi connectivity index (χ4n) is 3.83. The molecule has 3 aromatic rings. The molecule has 2 heterocycles. The van der Waals surface area contributed by atoms with Crippen LogP contribution >= 0.6 is 0 Å². The summed E-state index contributed by atoms with van der Waals surface area (Å²) in [6.45, 7) is 9.36. The lowest BCUT2D eigenvalue weighted by Gasteiger charge is -2.26. The van der Waals surface area contributed by atoms with E-state index < -0.39 is 0 Å². The number of amides is 2. The molecule has 2 amide bonds. The maximum atomic E-state index is 12.4. The number of anilines is 1. The Hall–Kier alpha value is -3.36. The van der Waals surface area contributed by atoms with Crippen molar-refractivity contribution in [3.63, 3.8) is 0 Å². The lowest BCUT2D eigenvalue weighted by atomic mass is 10.2. The fraction of sp³-hybridized carbons (Fsp3) is 0.360. The molecule has 1 aliphatic rings. The summed E-state index contributed by atoms with van der Waals surface area (Å²) in [5, 5.41) is 10.3. The van der Waals surface area contributed by atoms with Crippen molar-refractivity contribution in [1.29, 1.82) is 0 Å². The third kappa shape index (κ3) is 6.57. The van der Waals surface area contributed by atoms with Crippen LogP contribution in [-0.4, -0.2) is 60.2 Å². The highest BCUT2D eigenvalue weighted by atomic mass is 16.5. The van der Waals surface area contributed by atoms with E-state index in [2.05, 4.69) is 20.6 Å². The van der Waals surface area contributed by atoms with E-state index in [0.717, 1.165) is 61.2 Å². The van der Waals surface area contributed by atoms with E-state index in [4.69, 9.17) is 9.47 Å². The van der Waals surface area contributed by atoms with E-state index in [1.54, 1.807) is 0 Å². The van der Waals surface area contributed by atoms with Crippen molar-refractivity contribution in [2.24, 2.45) is 0 Å². The first-order valence-electron chi connectivity index (χ1n) is 11.3. The number of hydrogen-bond acceptors (Lipinski definition) is 5. The minimum atomic E-state index is -0.265. The van der Waals surface area contributed by atoms with Gasteiger partial charge in [-0.2, -0.15) is 5.10 Å². The molecule has 0 atom stereocenters. The summed E-state index contributed by atoms with van der Waals surface area (Å²) in [7, 11) is 0. The molecule has 0 aliphatic carbocycles. The van der Waals surface area contributed by atoms with E-state index in [1.807, 2.05) is 73.1 Å². The zero-order valence-electron chi connectivity index (χ0n) is 19.2. The number of carbonyl (C=O) groups excluding carboxylic acids is 1. The number of benzene rings is 2. The zero-order chi connectivity index (χ0) is 23.0. The number of aromatic nitrogens is 2. The van der Waals surface area contributed by atoms with Crippen molar-refractivity contribution in [3.05, 3.63) is 71.5 Å². The summed E-state index contributed by atoms with van der Waals surface area (Å²) < 4.78 is 13.1. The predicted molar refractivity (Wildman–Crippen MR) is 128 cm³/mol. The average molecular weight is 450 g/mol. The van der Waals surface area contributed by atoms with Crippen LogP contribution in [0.3, 0.4) is 0 Å². The number of nitrogens with one attached hydrogen (secondary N) is 2. The molecule has 0 bridgehead atoms. The van der Waals surface area contributed by atoms with Gasteiger partial charge in [0.05, 0.1) is 24.6 Å². The fourth-order valence-corrected chi connectivity index (χ4v) is 3.83. The van der Waals surface area contributed by atoms with Gasteiger partial charge in [0.15, 0.2) is 0 Å². The SMILES string of the molecule is Cc1cc(C)n(-c2cccc(NC(=O)NCc3cccc(OCCN4CCOCC4)c3)c2)n1. The molecular formula is C25H31N5O3. The highest BCUT2D eigenvalue weighted by Crippen LogP contribution is 2.17. The van der Waals surface area contributed by atoms with E-state index in [9.17, 15) is 4.79 Å². The Morgan fingerprint density at radius 2 is 1.91 bits per heavy atom. The molecular weight excluding hydrogens is 418 g/mol. The monoisotopic (exact) mass is 449 g/mol. The van der Waals surface area contributed by atoms with Gasteiger partial charge in [-0.05, 0) is 55.8 Å². The Labute approximate surface area is 194 Å². The van der Waals surface area contributed by atoms with Crippen LogP contribution in [0.25, 0.3) is 5.69 Å². The summed E-state index contributed by atoms with van der Waals surface area (Å²) in [4.78, 5) is 14.8. The van der Waals surface area contributed by atoms with Gasteiger partial charge in [0.2, 0.25) is 0 Å². The van der Waals surface area contributed by atoms with Crippen LogP contribution in [0.2, 0.25) is 0 Å². The van der Waals surface area contributed by atoms with Gasteiger partial charge in [-0.15, -0.1) is 0 Å². The Morgan fingerprint density at radius 1 is 1.09 bits per heavy atom. The molecule has 33 heavy (non-hydrogen) atoms. The van der Waals surface area contributed by atoms with Crippen LogP contribution in [0.1, 0.15) is 17.0 Å². The second-order valence-electron chi connectivity index (χ2n) is 8.15. The summed E-state index contributed by atoms with van der Waals surface area (Å²) in [6, 6.07) is 17.2. The van der Waals surface area contributed by atoms with Crippen LogP contribution in [-0.2, 0) is 11.3 Å². The molecule has 1 fully saturated rings. The first-order valence-corrected chi connectivity index (χ1v) is 11.3. The van der Waals surface area contributed by atoms with Gasteiger partial charge < -0.3 is 20.1 Å². The van der Waals surface area contributed by atoms with Gasteiger partial charge in [-0.25, -0.2) is 9.48 Å². The number of hydrogen-bond donors (Lipinski definition) is 2. The van der Waals surface area contributed by atoms with Gasteiger partial charge >= 0.3 is 6.03 Å². The second kappa shape index (κ2) is 11.0. The topological polar surface area (TPSA) is 80.7 Å². The van der Waals surface area contributed by atoms with Gasteiger partial charge in [-0.1, -0.05) is 18.2 Å². The molecule has 1 aliphatic heterocycles.